The molecule has 0 aliphatic carbocycles. The first kappa shape index (κ1) is 33.0. The quantitative estimate of drug-likeness (QED) is 0.0965. The minimum absolute atomic E-state index is 0.0981. The molecule has 0 aliphatic rings. The summed E-state index contributed by atoms with van der Waals surface area (Å²) in [5.41, 5.74) is 11.0. The van der Waals surface area contributed by atoms with Crippen LogP contribution in [0.5, 0.6) is 0 Å². The third-order valence-corrected chi connectivity index (χ3v) is 5.67. The number of carboxylic acid groups (broad SMARTS) is 2. The first-order chi connectivity index (χ1) is 15.4. The van der Waals surface area contributed by atoms with Gasteiger partial charge < -0.3 is 21.7 Å². The predicted octanol–water partition coefficient (Wildman–Crippen LogP) is 6.99. The SMILES string of the molecule is CCCCCCCCCCCCC(N)N.O=C(O)CCCCCCCCCCCC(=O)O. The molecule has 0 saturated heterocycles. The second-order valence-corrected chi connectivity index (χ2v) is 9.10. The smallest absolute Gasteiger partial charge is 0.303 e. The van der Waals surface area contributed by atoms with Crippen LogP contribution in [0.2, 0.25) is 0 Å². The zero-order valence-corrected chi connectivity index (χ0v) is 21.0. The highest BCUT2D eigenvalue weighted by Crippen LogP contribution is 2.12. The number of carboxylic acids is 2. The van der Waals surface area contributed by atoms with Gasteiger partial charge in [0.05, 0.1) is 6.17 Å². The van der Waals surface area contributed by atoms with Gasteiger partial charge in [0, 0.05) is 12.8 Å². The van der Waals surface area contributed by atoms with E-state index >= 15 is 0 Å². The standard InChI is InChI=1S/C13H30N2.C13H24O4/c1-2-3-4-5-6-7-8-9-10-11-12-13(14)15;14-12(15)10-8-6-4-2-1-3-5-7-9-11-13(16)17/h13H,2-12,14-15H2,1H3;1-11H2,(H,14,15)(H,16,17). The average molecular weight is 459 g/mol. The van der Waals surface area contributed by atoms with Gasteiger partial charge in [-0.25, -0.2) is 0 Å². The Kier molecular flexibility index (Phi) is 28.8. The zero-order valence-electron chi connectivity index (χ0n) is 21.0. The van der Waals surface area contributed by atoms with Crippen molar-refractivity contribution < 1.29 is 19.8 Å². The summed E-state index contributed by atoms with van der Waals surface area (Å²) in [6.07, 6.45) is 24.5. The molecule has 6 nitrogen and oxygen atoms in total. The summed E-state index contributed by atoms with van der Waals surface area (Å²) in [6, 6.07) is 0. The zero-order chi connectivity index (χ0) is 24.3. The Bertz CT molecular complexity index is 381. The lowest BCUT2D eigenvalue weighted by atomic mass is 10.1. The molecule has 0 aromatic carbocycles. The molecular weight excluding hydrogens is 404 g/mol. The van der Waals surface area contributed by atoms with Crippen molar-refractivity contribution in [3.8, 4) is 0 Å². The normalized spacial score (nSPS) is 10.8. The van der Waals surface area contributed by atoms with E-state index in [2.05, 4.69) is 6.92 Å². The van der Waals surface area contributed by atoms with Crippen LogP contribution in [0.3, 0.4) is 0 Å². The fraction of sp³-hybridized carbons (Fsp3) is 0.923. The maximum Gasteiger partial charge on any atom is 0.303 e. The molecule has 0 spiro atoms. The Morgan fingerprint density at radius 2 is 0.812 bits per heavy atom. The highest BCUT2D eigenvalue weighted by molar-refractivity contribution is 5.66. The van der Waals surface area contributed by atoms with Gasteiger partial charge >= 0.3 is 11.9 Å². The van der Waals surface area contributed by atoms with Gasteiger partial charge in [0.25, 0.3) is 0 Å². The summed E-state index contributed by atoms with van der Waals surface area (Å²) in [5.74, 6) is -1.41. The monoisotopic (exact) mass is 458 g/mol. The molecule has 0 fully saturated rings. The van der Waals surface area contributed by atoms with E-state index in [1.165, 1.54) is 83.5 Å². The molecule has 6 heteroatoms. The van der Waals surface area contributed by atoms with Gasteiger partial charge in [-0.3, -0.25) is 9.59 Å². The summed E-state index contributed by atoms with van der Waals surface area (Å²) < 4.78 is 0. The van der Waals surface area contributed by atoms with Gasteiger partial charge in [0.2, 0.25) is 0 Å². The molecule has 0 saturated carbocycles. The van der Waals surface area contributed by atoms with Crippen LogP contribution in [-0.4, -0.2) is 28.3 Å². The van der Waals surface area contributed by atoms with E-state index in [1.54, 1.807) is 0 Å². The lowest BCUT2D eigenvalue weighted by molar-refractivity contribution is -0.138. The number of carbonyl (C=O) groups is 2. The highest BCUT2D eigenvalue weighted by atomic mass is 16.4. The predicted molar refractivity (Wildman–Crippen MR) is 135 cm³/mol. The Morgan fingerprint density at radius 3 is 1.09 bits per heavy atom. The van der Waals surface area contributed by atoms with Crippen molar-refractivity contribution >= 4 is 11.9 Å². The van der Waals surface area contributed by atoms with Crippen LogP contribution in [0, 0.1) is 0 Å². The van der Waals surface area contributed by atoms with Crippen LogP contribution >= 0.6 is 0 Å². The molecule has 0 amide bonds. The van der Waals surface area contributed by atoms with E-state index in [4.69, 9.17) is 21.7 Å². The van der Waals surface area contributed by atoms with E-state index in [0.717, 1.165) is 44.9 Å². The van der Waals surface area contributed by atoms with Crippen LogP contribution in [0.4, 0.5) is 0 Å². The molecule has 0 radical (unpaired) electrons. The van der Waals surface area contributed by atoms with Crippen LogP contribution in [0.15, 0.2) is 0 Å². The van der Waals surface area contributed by atoms with E-state index in [1.807, 2.05) is 0 Å². The Hall–Kier alpha value is -1.14. The molecule has 0 unspecified atom stereocenters. The molecule has 0 bridgehead atoms. The number of aliphatic carboxylic acids is 2. The number of hydrogen-bond acceptors (Lipinski definition) is 4. The Balaban J connectivity index is 0. The van der Waals surface area contributed by atoms with Crippen molar-refractivity contribution in [2.45, 2.75) is 154 Å². The summed E-state index contributed by atoms with van der Waals surface area (Å²) in [4.78, 5) is 20.5. The van der Waals surface area contributed by atoms with Crippen molar-refractivity contribution in [3.05, 3.63) is 0 Å². The van der Waals surface area contributed by atoms with Crippen molar-refractivity contribution in [3.63, 3.8) is 0 Å². The van der Waals surface area contributed by atoms with Gasteiger partial charge in [-0.1, -0.05) is 116 Å². The van der Waals surface area contributed by atoms with Crippen molar-refractivity contribution in [1.82, 2.24) is 0 Å². The average Bonchev–Trinajstić information content (AvgIpc) is 2.73. The van der Waals surface area contributed by atoms with Crippen LogP contribution in [0.1, 0.15) is 148 Å². The lowest BCUT2D eigenvalue weighted by Crippen LogP contribution is -2.29. The van der Waals surface area contributed by atoms with Crippen LogP contribution in [0.25, 0.3) is 0 Å². The lowest BCUT2D eigenvalue weighted by Gasteiger charge is -2.04. The molecule has 0 aliphatic heterocycles. The first-order valence-electron chi connectivity index (χ1n) is 13.3. The van der Waals surface area contributed by atoms with Gasteiger partial charge in [-0.2, -0.15) is 0 Å². The van der Waals surface area contributed by atoms with Gasteiger partial charge in [-0.15, -0.1) is 0 Å². The molecule has 192 valence electrons. The van der Waals surface area contributed by atoms with Crippen molar-refractivity contribution in [1.29, 1.82) is 0 Å². The highest BCUT2D eigenvalue weighted by Gasteiger charge is 1.98. The fourth-order valence-corrected chi connectivity index (χ4v) is 3.66. The Morgan fingerprint density at radius 1 is 0.531 bits per heavy atom. The van der Waals surface area contributed by atoms with Crippen LogP contribution in [-0.2, 0) is 9.59 Å². The van der Waals surface area contributed by atoms with E-state index < -0.39 is 11.9 Å². The molecular formula is C26H54N2O4. The maximum atomic E-state index is 10.2. The number of nitrogens with two attached hydrogens (primary N) is 2. The number of hydrogen-bond donors (Lipinski definition) is 4. The van der Waals surface area contributed by atoms with Crippen molar-refractivity contribution in [2.24, 2.45) is 11.5 Å². The fourth-order valence-electron chi connectivity index (χ4n) is 3.66. The third-order valence-electron chi connectivity index (χ3n) is 5.67. The minimum atomic E-state index is -0.705. The van der Waals surface area contributed by atoms with Gasteiger partial charge in [-0.05, 0) is 19.3 Å². The molecule has 0 heterocycles. The van der Waals surface area contributed by atoms with Crippen molar-refractivity contribution in [2.75, 3.05) is 0 Å². The second kappa shape index (κ2) is 27.9. The minimum Gasteiger partial charge on any atom is -0.481 e. The largest absolute Gasteiger partial charge is 0.481 e. The molecule has 32 heavy (non-hydrogen) atoms. The number of rotatable bonds is 23. The first-order valence-corrected chi connectivity index (χ1v) is 13.3. The third kappa shape index (κ3) is 36.2. The van der Waals surface area contributed by atoms with Gasteiger partial charge in [0.1, 0.15) is 0 Å². The Labute approximate surface area is 197 Å². The molecule has 0 atom stereocenters. The molecule has 0 aromatic rings. The van der Waals surface area contributed by atoms with E-state index in [9.17, 15) is 9.59 Å². The molecule has 0 rings (SSSR count). The molecule has 6 N–H and O–H groups in total. The topological polar surface area (TPSA) is 127 Å². The second-order valence-electron chi connectivity index (χ2n) is 9.10. The summed E-state index contributed by atoms with van der Waals surface area (Å²) in [5, 5.41) is 16.9. The number of unbranched alkanes of at least 4 members (excludes halogenated alkanes) is 17. The van der Waals surface area contributed by atoms with E-state index in [0.29, 0.717) is 0 Å². The summed E-state index contributed by atoms with van der Waals surface area (Å²) >= 11 is 0. The summed E-state index contributed by atoms with van der Waals surface area (Å²) in [7, 11) is 0. The van der Waals surface area contributed by atoms with Crippen LogP contribution < -0.4 is 11.5 Å². The summed E-state index contributed by atoms with van der Waals surface area (Å²) in [6.45, 7) is 2.27. The van der Waals surface area contributed by atoms with Gasteiger partial charge in [0.15, 0.2) is 0 Å². The molecule has 0 aromatic heterocycles. The maximum absolute atomic E-state index is 10.2. The van der Waals surface area contributed by atoms with E-state index in [-0.39, 0.29) is 19.0 Å².